The molecule has 1 amide bonds. The van der Waals surface area contributed by atoms with Crippen LogP contribution in [0.4, 0.5) is 0 Å². The van der Waals surface area contributed by atoms with E-state index in [9.17, 15) is 18.0 Å². The van der Waals surface area contributed by atoms with Crippen molar-refractivity contribution in [3.63, 3.8) is 0 Å². The first-order valence-corrected chi connectivity index (χ1v) is 7.87. The maximum atomic E-state index is 11.9. The summed E-state index contributed by atoms with van der Waals surface area (Å²) in [5.41, 5.74) is 0. The zero-order chi connectivity index (χ0) is 14.6. The molecule has 3 unspecified atom stereocenters. The van der Waals surface area contributed by atoms with E-state index in [1.165, 1.54) is 0 Å². The Bertz CT molecular complexity index is 446. The van der Waals surface area contributed by atoms with Gasteiger partial charge in [-0.25, -0.2) is 13.2 Å². The number of carbonyl (C=O) groups excluding carboxylic acids is 1. The number of rotatable bonds is 6. The highest BCUT2D eigenvalue weighted by Crippen LogP contribution is 2.20. The number of amides is 1. The van der Waals surface area contributed by atoms with E-state index >= 15 is 0 Å². The predicted molar refractivity (Wildman–Crippen MR) is 67.5 cm³/mol. The van der Waals surface area contributed by atoms with Crippen LogP contribution in [-0.2, 0) is 24.2 Å². The molecule has 0 spiro atoms. The van der Waals surface area contributed by atoms with Gasteiger partial charge in [-0.1, -0.05) is 0 Å². The van der Waals surface area contributed by atoms with E-state index in [4.69, 9.17) is 9.84 Å². The van der Waals surface area contributed by atoms with E-state index in [-0.39, 0.29) is 18.0 Å². The van der Waals surface area contributed by atoms with Crippen molar-refractivity contribution >= 4 is 21.7 Å². The van der Waals surface area contributed by atoms with Crippen molar-refractivity contribution in [3.05, 3.63) is 0 Å². The number of sulfone groups is 1. The lowest BCUT2D eigenvalue weighted by Crippen LogP contribution is -2.45. The van der Waals surface area contributed by atoms with Gasteiger partial charge in [-0.05, 0) is 19.8 Å². The summed E-state index contributed by atoms with van der Waals surface area (Å²) in [4.78, 5) is 21.7. The Morgan fingerprint density at radius 1 is 1.42 bits per heavy atom. The van der Waals surface area contributed by atoms with Crippen LogP contribution in [-0.4, -0.2) is 55.2 Å². The Labute approximate surface area is 112 Å². The summed E-state index contributed by atoms with van der Waals surface area (Å²) in [6.07, 6.45) is 1.10. The second-order valence-corrected chi connectivity index (χ2v) is 6.97. The molecule has 3 atom stereocenters. The highest BCUT2D eigenvalue weighted by Gasteiger charge is 2.31. The van der Waals surface area contributed by atoms with Gasteiger partial charge in [0.05, 0.1) is 23.7 Å². The minimum Gasteiger partial charge on any atom is -0.480 e. The van der Waals surface area contributed by atoms with E-state index < -0.39 is 33.5 Å². The number of nitrogens with one attached hydrogen (secondary N) is 1. The van der Waals surface area contributed by atoms with Gasteiger partial charge in [-0.15, -0.1) is 0 Å². The molecule has 0 aromatic rings. The molecular formula is C11H19NO6S. The van der Waals surface area contributed by atoms with Crippen LogP contribution in [0.15, 0.2) is 0 Å². The van der Waals surface area contributed by atoms with Gasteiger partial charge in [0.1, 0.15) is 6.04 Å². The summed E-state index contributed by atoms with van der Waals surface area (Å²) < 4.78 is 29.2. The first kappa shape index (κ1) is 15.9. The number of ether oxygens (including phenoxy) is 1. The van der Waals surface area contributed by atoms with Crippen LogP contribution >= 0.6 is 0 Å². The highest BCUT2D eigenvalue weighted by atomic mass is 32.2. The largest absolute Gasteiger partial charge is 0.480 e. The van der Waals surface area contributed by atoms with Crippen molar-refractivity contribution < 1.29 is 27.9 Å². The predicted octanol–water partition coefficient (Wildman–Crippen LogP) is -0.442. The molecule has 1 rings (SSSR count). The van der Waals surface area contributed by atoms with Gasteiger partial charge >= 0.3 is 5.97 Å². The van der Waals surface area contributed by atoms with Gasteiger partial charge in [0, 0.05) is 6.92 Å². The Balaban J connectivity index is 2.61. The van der Waals surface area contributed by atoms with Crippen LogP contribution in [0.5, 0.6) is 0 Å². The number of hydrogen-bond donors (Lipinski definition) is 2. The zero-order valence-corrected chi connectivity index (χ0v) is 11.8. The summed E-state index contributed by atoms with van der Waals surface area (Å²) >= 11 is 0. The topological polar surface area (TPSA) is 110 Å². The molecule has 1 aliphatic rings. The normalized spacial score (nSPS) is 24.9. The molecular weight excluding hydrogens is 274 g/mol. The van der Waals surface area contributed by atoms with Crippen LogP contribution in [0.2, 0.25) is 0 Å². The second-order valence-electron chi connectivity index (χ2n) is 4.81. The van der Waals surface area contributed by atoms with Gasteiger partial charge in [0.15, 0.2) is 9.84 Å². The molecule has 0 aromatic carbocycles. The Morgan fingerprint density at radius 2 is 2.05 bits per heavy atom. The third-order valence-electron chi connectivity index (χ3n) is 2.86. The number of hydrogen-bond acceptors (Lipinski definition) is 5. The zero-order valence-electron chi connectivity index (χ0n) is 11.0. The number of carboxylic acid groups (broad SMARTS) is 1. The molecule has 0 saturated carbocycles. The van der Waals surface area contributed by atoms with Crippen molar-refractivity contribution in [1.29, 1.82) is 0 Å². The molecule has 110 valence electrons. The average Bonchev–Trinajstić information content (AvgIpc) is 2.60. The number of carbonyl (C=O) groups is 2. The quantitative estimate of drug-likeness (QED) is 0.687. The summed E-state index contributed by atoms with van der Waals surface area (Å²) in [5.74, 6) is -2.76. The molecule has 1 saturated heterocycles. The molecule has 0 aromatic heterocycles. The van der Waals surface area contributed by atoms with Crippen LogP contribution in [0, 0.1) is 0 Å². The molecule has 1 fully saturated rings. The molecule has 0 aliphatic carbocycles. The van der Waals surface area contributed by atoms with Gasteiger partial charge in [-0.3, -0.25) is 4.79 Å². The number of aliphatic carboxylic acids is 1. The third kappa shape index (κ3) is 5.56. The molecule has 7 nitrogen and oxygen atoms in total. The van der Waals surface area contributed by atoms with Gasteiger partial charge in [0.2, 0.25) is 5.91 Å². The lowest BCUT2D eigenvalue weighted by Gasteiger charge is -2.16. The summed E-state index contributed by atoms with van der Waals surface area (Å²) in [6, 6.07) is -1.42. The Morgan fingerprint density at radius 3 is 2.47 bits per heavy atom. The molecule has 1 heterocycles. The maximum absolute atomic E-state index is 11.9. The lowest BCUT2D eigenvalue weighted by molar-refractivity contribution is -0.140. The van der Waals surface area contributed by atoms with E-state index in [0.717, 1.165) is 13.3 Å². The minimum absolute atomic E-state index is 0.0332. The van der Waals surface area contributed by atoms with Gasteiger partial charge in [0.25, 0.3) is 0 Å². The van der Waals surface area contributed by atoms with Crippen molar-refractivity contribution in [2.24, 2.45) is 0 Å². The lowest BCUT2D eigenvalue weighted by atomic mass is 10.2. The van der Waals surface area contributed by atoms with Crippen LogP contribution in [0.3, 0.4) is 0 Å². The fraction of sp³-hybridized carbons (Fsp3) is 0.818. The van der Waals surface area contributed by atoms with E-state index in [2.05, 4.69) is 5.32 Å². The third-order valence-corrected chi connectivity index (χ3v) is 4.58. The smallest absolute Gasteiger partial charge is 0.327 e. The molecule has 19 heavy (non-hydrogen) atoms. The Hall–Kier alpha value is -1.15. The van der Waals surface area contributed by atoms with E-state index in [1.54, 1.807) is 0 Å². The highest BCUT2D eigenvalue weighted by molar-refractivity contribution is 7.91. The van der Waals surface area contributed by atoms with Crippen molar-refractivity contribution in [1.82, 2.24) is 5.32 Å². The molecule has 8 heteroatoms. The minimum atomic E-state index is -3.60. The van der Waals surface area contributed by atoms with Crippen molar-refractivity contribution in [3.8, 4) is 0 Å². The fourth-order valence-corrected chi connectivity index (χ4v) is 3.71. The average molecular weight is 293 g/mol. The van der Waals surface area contributed by atoms with Crippen LogP contribution < -0.4 is 5.32 Å². The van der Waals surface area contributed by atoms with Crippen LogP contribution in [0.1, 0.15) is 26.7 Å². The molecule has 2 N–H and O–H groups in total. The van der Waals surface area contributed by atoms with E-state index in [0.29, 0.717) is 6.42 Å². The number of carboxylic acids is 1. The molecule has 0 radical (unpaired) electrons. The summed E-state index contributed by atoms with van der Waals surface area (Å²) in [6.45, 7) is 3.01. The molecule has 1 aliphatic heterocycles. The SMILES string of the molecule is CC(=O)NC(CS(=O)(=O)CC1CCC(C)O1)C(=O)O. The second kappa shape index (κ2) is 6.33. The Kier molecular flexibility index (Phi) is 5.30. The van der Waals surface area contributed by atoms with Crippen molar-refractivity contribution in [2.75, 3.05) is 11.5 Å². The maximum Gasteiger partial charge on any atom is 0.327 e. The molecule has 0 bridgehead atoms. The van der Waals surface area contributed by atoms with Crippen molar-refractivity contribution in [2.45, 2.75) is 44.9 Å². The summed E-state index contributed by atoms with van der Waals surface area (Å²) in [5, 5.41) is 11.0. The standard InChI is InChI=1S/C11H19NO6S/c1-7-3-4-9(18-7)5-19(16,17)6-10(11(14)15)12-8(2)13/h7,9-10H,3-6H2,1-2H3,(H,12,13)(H,14,15). The van der Waals surface area contributed by atoms with E-state index in [1.807, 2.05) is 6.92 Å². The van der Waals surface area contributed by atoms with Crippen LogP contribution in [0.25, 0.3) is 0 Å². The first-order chi connectivity index (χ1) is 8.69. The fourth-order valence-electron chi connectivity index (χ4n) is 2.03. The monoisotopic (exact) mass is 293 g/mol. The first-order valence-electron chi connectivity index (χ1n) is 6.05. The summed E-state index contributed by atoms with van der Waals surface area (Å²) in [7, 11) is -3.60. The van der Waals surface area contributed by atoms with Gasteiger partial charge < -0.3 is 15.2 Å². The van der Waals surface area contributed by atoms with Gasteiger partial charge in [-0.2, -0.15) is 0 Å².